The van der Waals surface area contributed by atoms with Gasteiger partial charge >= 0.3 is 5.97 Å². The van der Waals surface area contributed by atoms with Gasteiger partial charge in [0.1, 0.15) is 26.2 Å². The second-order valence-corrected chi connectivity index (χ2v) is 23.4. The molecule has 4 aromatic carbocycles. The van der Waals surface area contributed by atoms with Crippen LogP contribution in [-0.4, -0.2) is 25.3 Å². The summed E-state index contributed by atoms with van der Waals surface area (Å²) in [4.78, 5) is 11.4. The number of hydrogen-bond acceptors (Lipinski definition) is 3. The number of nitrogens with zero attached hydrogens (tertiary/aromatic N) is 5. The number of hydrogen-bond donors (Lipinski definition) is 0. The minimum Gasteiger partial charge on any atom is -1.00 e. The van der Waals surface area contributed by atoms with Gasteiger partial charge in [-0.2, -0.15) is 9.13 Å². The largest absolute Gasteiger partial charge is 1.00 e. The maximum atomic E-state index is 11.4. The van der Waals surface area contributed by atoms with Crippen LogP contribution in [0.2, 0.25) is 0 Å². The number of aryl methyl sites for hydroxylation is 3. The lowest BCUT2D eigenvalue weighted by Gasteiger charge is -2.08. The number of rotatable bonds is 24. The van der Waals surface area contributed by atoms with Crippen LogP contribution in [0, 0.1) is 5.92 Å². The quantitative estimate of drug-likeness (QED) is 0.0609. The predicted molar refractivity (Wildman–Crippen MR) is 410 cm³/mol. The normalized spacial score (nSPS) is 11.0. The lowest BCUT2D eigenvalue weighted by atomic mass is 9.99. The number of para-hydroxylation sites is 1. The molecule has 5 unspecified atom stereocenters. The van der Waals surface area contributed by atoms with Crippen molar-refractivity contribution in [2.45, 2.75) is 179 Å². The summed E-state index contributed by atoms with van der Waals surface area (Å²) in [6.07, 6.45) is 31.5. The number of benzene rings is 4. The summed E-state index contributed by atoms with van der Waals surface area (Å²) < 4.78 is 21.4. The van der Waals surface area contributed by atoms with Gasteiger partial charge in [0.25, 0.3) is 0 Å². The lowest BCUT2D eigenvalue weighted by Crippen LogP contribution is -3.00. The van der Waals surface area contributed by atoms with Crippen LogP contribution < -0.4 is 84.9 Å². The second kappa shape index (κ2) is 62.3. The van der Waals surface area contributed by atoms with E-state index in [9.17, 15) is 4.79 Å². The van der Waals surface area contributed by atoms with Crippen molar-refractivity contribution in [2.75, 3.05) is 13.2 Å². The summed E-state index contributed by atoms with van der Waals surface area (Å²) in [5, 5.41) is 1.27. The molecule has 0 radical (unpaired) electrons. The third-order valence-corrected chi connectivity index (χ3v) is 16.7. The molecular formula is C88H120Cl5N5O3. The molecule has 0 saturated heterocycles. The monoisotopic (exact) mass is 1470 g/mol. The van der Waals surface area contributed by atoms with E-state index in [1.165, 1.54) is 63.7 Å². The number of carbonyl (C=O) groups is 1. The highest BCUT2D eigenvalue weighted by Gasteiger charge is 2.13. The molecule has 5 atom stereocenters. The van der Waals surface area contributed by atoms with Gasteiger partial charge in [-0.3, -0.25) is 4.79 Å². The van der Waals surface area contributed by atoms with Crippen LogP contribution in [0.15, 0.2) is 258 Å². The SMILES string of the molecule is C=Cc1cc[n+](CC)c2ccccc12.C=Cc1cc[n+](CC)cc1.C=Cc1cc[n+](CCOC(=O)C(C)CC)cc1.C=Cc1cc[n+](CCOC(C)CC)cc1.C=Cc1cccc[n+]1CC.CCC(C)c1ccccc1.CCC(C)c1ccccc1.CCC(C)c1ccccc1.[Cl-].[Cl-].[Cl-].[Cl-].[Cl-]. The first-order chi connectivity index (χ1) is 46.6. The molecule has 101 heavy (non-hydrogen) atoms. The molecule has 550 valence electrons. The Labute approximate surface area is 642 Å². The zero-order chi connectivity index (χ0) is 70.7. The van der Waals surface area contributed by atoms with Gasteiger partial charge in [0.05, 0.1) is 17.4 Å². The molecule has 0 aliphatic rings. The molecule has 0 spiro atoms. The Morgan fingerprint density at radius 2 is 0.762 bits per heavy atom. The van der Waals surface area contributed by atoms with E-state index in [2.05, 4.69) is 316 Å². The minimum absolute atomic E-state index is 0. The standard InChI is InChI=1S/C14H20NO2.C13H20NO.C13H14N.3C10H14.2C9H12N.5ClH/c1-4-12(3)14(16)17-11-10-15-8-6-13(5-2)7-9-15;1-4-12(3)15-11-10-14-8-6-13(5-2)7-9-14;1-3-11-9-10-14(4-2)13-8-6-5-7-12(11)13;3*1-3-9(2)10-7-5-4-6-8-10;1-3-9-5-7-10(4-2)8-6-9;1-3-9-7-5-6-8-10(9)4-2;;;;;/h5-9,12H,2,4,10-11H2,1,3H3;5-9,12H,2,4,10-11H2,1,3H3;3,5-10H,1,4H2,2H3;3*4-9H,3H2,1-2H3;2*3,5-8H,1,4H2,2H3;5*1H/q3*+1;;;;2*+1;;;;;/p-5. The molecule has 5 aromatic heterocycles. The zero-order valence-electron chi connectivity index (χ0n) is 63.0. The van der Waals surface area contributed by atoms with Crippen molar-refractivity contribution < 1.29 is 99.1 Å². The van der Waals surface area contributed by atoms with E-state index >= 15 is 0 Å². The van der Waals surface area contributed by atoms with Crippen molar-refractivity contribution in [1.82, 2.24) is 0 Å². The summed E-state index contributed by atoms with van der Waals surface area (Å²) in [6.45, 7) is 52.4. The number of halogens is 5. The van der Waals surface area contributed by atoms with Gasteiger partial charge in [0, 0.05) is 66.7 Å². The Morgan fingerprint density at radius 3 is 1.11 bits per heavy atom. The summed E-state index contributed by atoms with van der Waals surface area (Å²) >= 11 is 0. The number of fused-ring (bicyclic) bond motifs is 1. The van der Waals surface area contributed by atoms with Gasteiger partial charge in [0.15, 0.2) is 69.3 Å². The Bertz CT molecular complexity index is 3420. The molecule has 0 amide bonds. The first kappa shape index (κ1) is 99.8. The molecule has 0 N–H and O–H groups in total. The predicted octanol–water partition coefficient (Wildman–Crippen LogP) is 5.32. The highest BCUT2D eigenvalue weighted by Crippen LogP contribution is 2.20. The molecule has 0 aliphatic carbocycles. The van der Waals surface area contributed by atoms with Crippen molar-refractivity contribution in [3.63, 3.8) is 0 Å². The van der Waals surface area contributed by atoms with Gasteiger partial charge in [-0.15, -0.1) is 0 Å². The van der Waals surface area contributed by atoms with Crippen LogP contribution in [0.3, 0.4) is 0 Å². The van der Waals surface area contributed by atoms with E-state index in [0.717, 1.165) is 56.8 Å². The first-order valence-electron chi connectivity index (χ1n) is 35.0. The molecule has 13 heteroatoms. The highest BCUT2D eigenvalue weighted by molar-refractivity contribution is 5.85. The average Bonchev–Trinajstić information content (AvgIpc) is 0.946. The van der Waals surface area contributed by atoms with Crippen LogP contribution >= 0.6 is 0 Å². The molecule has 0 bridgehead atoms. The van der Waals surface area contributed by atoms with Crippen molar-refractivity contribution in [3.05, 3.63) is 303 Å². The van der Waals surface area contributed by atoms with Crippen LogP contribution in [-0.2, 0) is 47.0 Å². The maximum Gasteiger partial charge on any atom is 0.308 e. The fraction of sp³-hybridized carbons (Fsp3) is 0.341. The van der Waals surface area contributed by atoms with E-state index in [-0.39, 0.29) is 73.9 Å². The van der Waals surface area contributed by atoms with Crippen molar-refractivity contribution in [2.24, 2.45) is 5.92 Å². The zero-order valence-corrected chi connectivity index (χ0v) is 66.8. The molecule has 9 aromatic rings. The second-order valence-electron chi connectivity index (χ2n) is 23.4. The van der Waals surface area contributed by atoms with Crippen LogP contribution in [0.25, 0.3) is 41.3 Å². The van der Waals surface area contributed by atoms with Crippen molar-refractivity contribution in [1.29, 1.82) is 0 Å². The summed E-state index contributed by atoms with van der Waals surface area (Å²) in [5.74, 6) is 2.00. The van der Waals surface area contributed by atoms with E-state index in [1.807, 2.05) is 79.4 Å². The van der Waals surface area contributed by atoms with Crippen LogP contribution in [0.1, 0.15) is 185 Å². The van der Waals surface area contributed by atoms with Gasteiger partial charge in [-0.1, -0.05) is 223 Å². The number of pyridine rings is 5. The topological polar surface area (TPSA) is 54.9 Å². The number of aromatic nitrogens is 5. The molecule has 0 aliphatic heterocycles. The Hall–Kier alpha value is -7.53. The number of carbonyl (C=O) groups excluding carboxylic acids is 1. The van der Waals surface area contributed by atoms with Gasteiger partial charge in [-0.05, 0) is 129 Å². The van der Waals surface area contributed by atoms with E-state index < -0.39 is 0 Å². The van der Waals surface area contributed by atoms with Crippen molar-refractivity contribution in [3.8, 4) is 0 Å². The number of esters is 1. The molecule has 8 nitrogen and oxygen atoms in total. The molecule has 9 rings (SSSR count). The fourth-order valence-corrected chi connectivity index (χ4v) is 9.14. The summed E-state index contributed by atoms with van der Waals surface area (Å²) in [6, 6.07) is 60.7. The average molecular weight is 1470 g/mol. The third-order valence-electron chi connectivity index (χ3n) is 16.7. The van der Waals surface area contributed by atoms with Gasteiger partial charge < -0.3 is 71.5 Å². The molecule has 5 heterocycles. The Balaban J connectivity index is -0.000000533. The molecule has 0 saturated carbocycles. The minimum atomic E-state index is -0.115. The lowest BCUT2D eigenvalue weighted by molar-refractivity contribution is -0.698. The molecule has 0 fully saturated rings. The van der Waals surface area contributed by atoms with E-state index in [0.29, 0.717) is 37.0 Å². The van der Waals surface area contributed by atoms with Crippen LogP contribution in [0.4, 0.5) is 0 Å². The summed E-state index contributed by atoms with van der Waals surface area (Å²) in [5.41, 5.74) is 11.4. The Morgan fingerprint density at radius 1 is 0.376 bits per heavy atom. The van der Waals surface area contributed by atoms with Crippen LogP contribution in [0.5, 0.6) is 0 Å². The Kier molecular flexibility index (Phi) is 61.6. The van der Waals surface area contributed by atoms with E-state index in [4.69, 9.17) is 9.47 Å². The molecular weight excluding hydrogens is 1350 g/mol. The summed E-state index contributed by atoms with van der Waals surface area (Å²) in [7, 11) is 0. The maximum absolute atomic E-state index is 11.4. The number of ether oxygens (including phenoxy) is 2. The first-order valence-corrected chi connectivity index (χ1v) is 35.0. The van der Waals surface area contributed by atoms with Gasteiger partial charge in [0.2, 0.25) is 11.2 Å². The van der Waals surface area contributed by atoms with Gasteiger partial charge in [-0.25, -0.2) is 13.7 Å². The smallest absolute Gasteiger partial charge is 0.308 e. The van der Waals surface area contributed by atoms with E-state index in [1.54, 1.807) is 6.08 Å². The third kappa shape index (κ3) is 41.2. The fourth-order valence-electron chi connectivity index (χ4n) is 9.14. The highest BCUT2D eigenvalue weighted by atomic mass is 35.5. The van der Waals surface area contributed by atoms with Crippen molar-refractivity contribution >= 4 is 47.3 Å².